The van der Waals surface area contributed by atoms with Crippen molar-refractivity contribution >= 4 is 29.9 Å². The number of nitrogens with one attached hydrogen (secondary N) is 1. The van der Waals surface area contributed by atoms with Crippen LogP contribution in [0.1, 0.15) is 5.69 Å². The third kappa shape index (κ3) is 3.64. The number of pyridine rings is 1. The van der Waals surface area contributed by atoms with Gasteiger partial charge in [-0.1, -0.05) is 0 Å². The van der Waals surface area contributed by atoms with E-state index in [1.165, 1.54) is 0 Å². The number of amides is 1. The average Bonchev–Trinajstić information content (AvgIpc) is 2.35. The summed E-state index contributed by atoms with van der Waals surface area (Å²) in [7, 11) is 0. The molecule has 0 saturated carbocycles. The van der Waals surface area contributed by atoms with E-state index in [4.69, 9.17) is 21.1 Å². The Bertz CT molecular complexity index is 401. The molecule has 0 bridgehead atoms. The maximum absolute atomic E-state index is 10.9. The molecular weight excluding hydrogens is 267 g/mol. The topological polar surface area (TPSA) is 60.5 Å². The Morgan fingerprint density at radius 2 is 2.12 bits per heavy atom. The zero-order chi connectivity index (χ0) is 11.4. The molecule has 1 aromatic heterocycles. The quantitative estimate of drug-likeness (QED) is 0.843. The molecule has 0 atom stereocenters. The number of halogens is 2. The molecule has 7 heteroatoms. The number of ether oxygens (including phenoxy) is 2. The molecule has 1 aromatic rings. The van der Waals surface area contributed by atoms with Gasteiger partial charge in [-0.05, 0) is 0 Å². The number of nitrogens with zero attached hydrogens (tertiary/aromatic N) is 1. The van der Waals surface area contributed by atoms with Crippen LogP contribution in [0.15, 0.2) is 12.3 Å². The first kappa shape index (κ1) is 13.9. The Balaban J connectivity index is 0.00000144. The molecule has 2 rings (SSSR count). The van der Waals surface area contributed by atoms with Crippen LogP contribution in [0.4, 0.5) is 0 Å². The summed E-state index contributed by atoms with van der Waals surface area (Å²) in [4.78, 5) is 15.1. The van der Waals surface area contributed by atoms with Gasteiger partial charge in [0.25, 0.3) is 0 Å². The van der Waals surface area contributed by atoms with Crippen molar-refractivity contribution in [1.29, 1.82) is 0 Å². The molecule has 1 N–H and O–H groups in total. The maximum Gasteiger partial charge on any atom is 0.235 e. The van der Waals surface area contributed by atoms with Gasteiger partial charge in [-0.15, -0.1) is 24.0 Å². The molecule has 5 nitrogen and oxygen atoms in total. The lowest BCUT2D eigenvalue weighted by molar-refractivity contribution is -0.118. The van der Waals surface area contributed by atoms with E-state index < -0.39 is 0 Å². The standard InChI is InChI=1S/C10H11ClN2O3.ClH/c11-4-10(14)13-5-7-3-8-9(6-12-7)16-2-1-15-8;/h3,6H,1-2,4-5H2,(H,13,14);1H. The van der Waals surface area contributed by atoms with Gasteiger partial charge in [0.1, 0.15) is 19.1 Å². The second-order valence-corrected chi connectivity index (χ2v) is 3.50. The summed E-state index contributed by atoms with van der Waals surface area (Å²) in [6.45, 7) is 1.41. The number of rotatable bonds is 3. The molecule has 1 aliphatic rings. The second-order valence-electron chi connectivity index (χ2n) is 3.23. The predicted molar refractivity (Wildman–Crippen MR) is 65.0 cm³/mol. The number of aromatic nitrogens is 1. The van der Waals surface area contributed by atoms with E-state index in [-0.39, 0.29) is 24.2 Å². The van der Waals surface area contributed by atoms with Crippen molar-refractivity contribution in [3.8, 4) is 11.5 Å². The molecule has 1 amide bonds. The van der Waals surface area contributed by atoms with Gasteiger partial charge in [0.15, 0.2) is 11.5 Å². The molecule has 0 saturated heterocycles. The minimum absolute atomic E-state index is 0. The van der Waals surface area contributed by atoms with Crippen molar-refractivity contribution < 1.29 is 14.3 Å². The van der Waals surface area contributed by atoms with E-state index >= 15 is 0 Å². The highest BCUT2D eigenvalue weighted by Gasteiger charge is 2.12. The smallest absolute Gasteiger partial charge is 0.235 e. The number of hydrogen-bond donors (Lipinski definition) is 1. The third-order valence-corrected chi connectivity index (χ3v) is 2.32. The third-order valence-electron chi connectivity index (χ3n) is 2.07. The van der Waals surface area contributed by atoms with E-state index in [0.29, 0.717) is 37.0 Å². The van der Waals surface area contributed by atoms with Crippen LogP contribution >= 0.6 is 24.0 Å². The molecule has 0 aromatic carbocycles. The van der Waals surface area contributed by atoms with Gasteiger partial charge in [-0.3, -0.25) is 9.78 Å². The largest absolute Gasteiger partial charge is 0.486 e. The fourth-order valence-corrected chi connectivity index (χ4v) is 1.42. The molecule has 0 spiro atoms. The first-order valence-electron chi connectivity index (χ1n) is 4.87. The summed E-state index contributed by atoms with van der Waals surface area (Å²) >= 11 is 5.36. The van der Waals surface area contributed by atoms with Crippen LogP contribution in [0, 0.1) is 0 Å². The lowest BCUT2D eigenvalue weighted by atomic mass is 10.3. The predicted octanol–water partition coefficient (Wildman–Crippen LogP) is 1.13. The summed E-state index contributed by atoms with van der Waals surface area (Å²) < 4.78 is 10.7. The molecule has 0 unspecified atom stereocenters. The molecule has 0 aliphatic carbocycles. The highest BCUT2D eigenvalue weighted by Crippen LogP contribution is 2.29. The summed E-state index contributed by atoms with van der Waals surface area (Å²) in [6.07, 6.45) is 1.59. The van der Waals surface area contributed by atoms with E-state index in [9.17, 15) is 4.79 Å². The summed E-state index contributed by atoms with van der Waals surface area (Å²) in [5.74, 6) is 1.03. The van der Waals surface area contributed by atoms with Crippen LogP contribution in [0.2, 0.25) is 0 Å². The molecule has 0 radical (unpaired) electrons. The zero-order valence-corrected chi connectivity index (χ0v) is 10.5. The van der Waals surface area contributed by atoms with Crippen molar-refractivity contribution in [3.63, 3.8) is 0 Å². The summed E-state index contributed by atoms with van der Waals surface area (Å²) in [5.41, 5.74) is 0.711. The second kappa shape index (κ2) is 6.51. The number of hydrogen-bond acceptors (Lipinski definition) is 4. The normalized spacial score (nSPS) is 12.5. The number of alkyl halides is 1. The van der Waals surface area contributed by atoms with E-state index in [0.717, 1.165) is 0 Å². The van der Waals surface area contributed by atoms with Crippen LogP contribution in [0.25, 0.3) is 0 Å². The fraction of sp³-hybridized carbons (Fsp3) is 0.400. The van der Waals surface area contributed by atoms with Crippen LogP contribution < -0.4 is 14.8 Å². The minimum Gasteiger partial charge on any atom is -0.486 e. The van der Waals surface area contributed by atoms with Crippen molar-refractivity contribution in [2.45, 2.75) is 6.54 Å². The van der Waals surface area contributed by atoms with Crippen molar-refractivity contribution in [3.05, 3.63) is 18.0 Å². The summed E-state index contributed by atoms with van der Waals surface area (Å²) in [6, 6.07) is 1.75. The molecule has 17 heavy (non-hydrogen) atoms. The van der Waals surface area contributed by atoms with E-state index in [1.54, 1.807) is 12.3 Å². The van der Waals surface area contributed by atoms with Crippen LogP contribution in [0.3, 0.4) is 0 Å². The Kier molecular flexibility index (Phi) is 5.31. The average molecular weight is 279 g/mol. The van der Waals surface area contributed by atoms with Gasteiger partial charge in [0.05, 0.1) is 18.4 Å². The van der Waals surface area contributed by atoms with E-state index in [1.807, 2.05) is 0 Å². The van der Waals surface area contributed by atoms with Crippen molar-refractivity contribution in [2.24, 2.45) is 0 Å². The number of carbonyl (C=O) groups is 1. The monoisotopic (exact) mass is 278 g/mol. The SMILES string of the molecule is Cl.O=C(CCl)NCc1cc2c(cn1)OCCO2. The number of carbonyl (C=O) groups excluding carboxylic acids is 1. The zero-order valence-electron chi connectivity index (χ0n) is 8.94. The van der Waals surface area contributed by atoms with Gasteiger partial charge in [-0.25, -0.2) is 0 Å². The number of fused-ring (bicyclic) bond motifs is 1. The Morgan fingerprint density at radius 1 is 1.41 bits per heavy atom. The van der Waals surface area contributed by atoms with Gasteiger partial charge in [-0.2, -0.15) is 0 Å². The Labute approximate surface area is 110 Å². The molecular formula is C10H12Cl2N2O3. The Morgan fingerprint density at radius 3 is 2.82 bits per heavy atom. The highest BCUT2D eigenvalue weighted by atomic mass is 35.5. The molecule has 0 fully saturated rings. The first-order chi connectivity index (χ1) is 7.79. The summed E-state index contributed by atoms with van der Waals surface area (Å²) in [5, 5.41) is 2.63. The first-order valence-corrected chi connectivity index (χ1v) is 5.40. The lowest BCUT2D eigenvalue weighted by Crippen LogP contribution is -2.24. The fourth-order valence-electron chi connectivity index (χ4n) is 1.32. The van der Waals surface area contributed by atoms with Crippen molar-refractivity contribution in [2.75, 3.05) is 19.1 Å². The van der Waals surface area contributed by atoms with Gasteiger partial charge >= 0.3 is 0 Å². The van der Waals surface area contributed by atoms with Gasteiger partial charge in [0, 0.05) is 6.07 Å². The highest BCUT2D eigenvalue weighted by molar-refractivity contribution is 6.27. The minimum atomic E-state index is -0.224. The molecule has 1 aliphatic heterocycles. The molecule has 94 valence electrons. The van der Waals surface area contributed by atoms with Gasteiger partial charge < -0.3 is 14.8 Å². The van der Waals surface area contributed by atoms with Crippen LogP contribution in [0.5, 0.6) is 11.5 Å². The van der Waals surface area contributed by atoms with Crippen LogP contribution in [-0.2, 0) is 11.3 Å². The molecule has 2 heterocycles. The maximum atomic E-state index is 10.9. The van der Waals surface area contributed by atoms with Crippen molar-refractivity contribution in [1.82, 2.24) is 10.3 Å². The van der Waals surface area contributed by atoms with E-state index in [2.05, 4.69) is 10.3 Å². The van der Waals surface area contributed by atoms with Crippen LogP contribution in [-0.4, -0.2) is 30.0 Å². The lowest BCUT2D eigenvalue weighted by Gasteiger charge is -2.18. The Hall–Kier alpha value is -1.20. The van der Waals surface area contributed by atoms with Gasteiger partial charge in [0.2, 0.25) is 5.91 Å².